The topological polar surface area (TPSA) is 33.1 Å². The van der Waals surface area contributed by atoms with Crippen molar-refractivity contribution in [2.75, 3.05) is 6.61 Å². The van der Waals surface area contributed by atoms with E-state index in [9.17, 15) is 4.39 Å². The molecule has 2 aromatic rings. The Bertz CT molecular complexity index is 493. The first-order valence-corrected chi connectivity index (χ1v) is 5.58. The number of rotatable bonds is 3. The second kappa shape index (κ2) is 5.01. The minimum atomic E-state index is -0.553. The van der Waals surface area contributed by atoms with Crippen LogP contribution in [0.3, 0.4) is 0 Å². The molecule has 2 heterocycles. The zero-order valence-corrected chi connectivity index (χ0v) is 9.25. The van der Waals surface area contributed by atoms with Gasteiger partial charge in [-0.2, -0.15) is 0 Å². The van der Waals surface area contributed by atoms with Gasteiger partial charge < -0.3 is 5.11 Å². The maximum absolute atomic E-state index is 12.8. The Morgan fingerprint density at radius 2 is 2.06 bits per heavy atom. The summed E-state index contributed by atoms with van der Waals surface area (Å²) in [5.41, 5.74) is 1.06. The maximum atomic E-state index is 12.8. The van der Waals surface area contributed by atoms with Gasteiger partial charge in [0, 0.05) is 22.1 Å². The summed E-state index contributed by atoms with van der Waals surface area (Å²) in [7, 11) is 0. The van der Waals surface area contributed by atoms with Crippen molar-refractivity contribution in [1.29, 1.82) is 0 Å². The SMILES string of the molecule is OC/C(F)=C/c1ccc(-c2ccncc2)s1. The quantitative estimate of drug-likeness (QED) is 0.886. The van der Waals surface area contributed by atoms with E-state index in [1.165, 1.54) is 17.4 Å². The van der Waals surface area contributed by atoms with E-state index in [0.29, 0.717) is 0 Å². The van der Waals surface area contributed by atoms with Crippen molar-refractivity contribution in [3.63, 3.8) is 0 Å². The number of hydrogen-bond donors (Lipinski definition) is 1. The predicted octanol–water partition coefficient (Wildman–Crippen LogP) is 3.11. The van der Waals surface area contributed by atoms with Gasteiger partial charge in [0.15, 0.2) is 0 Å². The normalized spacial score (nSPS) is 11.8. The van der Waals surface area contributed by atoms with Gasteiger partial charge in [0.05, 0.1) is 6.61 Å². The molecular formula is C12H10FNOS. The molecule has 0 saturated heterocycles. The van der Waals surface area contributed by atoms with Crippen molar-refractivity contribution in [3.8, 4) is 10.4 Å². The van der Waals surface area contributed by atoms with E-state index in [1.54, 1.807) is 12.4 Å². The van der Waals surface area contributed by atoms with Gasteiger partial charge in [-0.05, 0) is 35.9 Å². The molecule has 4 heteroatoms. The highest BCUT2D eigenvalue weighted by molar-refractivity contribution is 7.16. The van der Waals surface area contributed by atoms with Gasteiger partial charge in [0.2, 0.25) is 0 Å². The van der Waals surface area contributed by atoms with Crippen molar-refractivity contribution in [2.45, 2.75) is 0 Å². The average Bonchev–Trinajstić information content (AvgIpc) is 2.78. The Labute approximate surface area is 96.7 Å². The standard InChI is InChI=1S/C12H10FNOS/c13-10(8-15)7-11-1-2-12(16-11)9-3-5-14-6-4-9/h1-7,15H,8H2/b10-7-. The highest BCUT2D eigenvalue weighted by atomic mass is 32.1. The lowest BCUT2D eigenvalue weighted by atomic mass is 10.2. The van der Waals surface area contributed by atoms with Crippen LogP contribution in [0.2, 0.25) is 0 Å². The summed E-state index contributed by atoms with van der Waals surface area (Å²) in [4.78, 5) is 5.78. The molecule has 16 heavy (non-hydrogen) atoms. The van der Waals surface area contributed by atoms with Crippen LogP contribution >= 0.6 is 11.3 Å². The smallest absolute Gasteiger partial charge is 0.127 e. The number of nitrogens with zero attached hydrogens (tertiary/aromatic N) is 1. The molecule has 1 N–H and O–H groups in total. The predicted molar refractivity (Wildman–Crippen MR) is 63.7 cm³/mol. The molecule has 0 saturated carbocycles. The van der Waals surface area contributed by atoms with E-state index in [0.717, 1.165) is 15.3 Å². The Balaban J connectivity index is 2.27. The summed E-state index contributed by atoms with van der Waals surface area (Å²) in [6.07, 6.45) is 4.78. The third-order valence-corrected chi connectivity index (χ3v) is 3.12. The monoisotopic (exact) mass is 235 g/mol. The van der Waals surface area contributed by atoms with Crippen LogP contribution < -0.4 is 0 Å². The zero-order chi connectivity index (χ0) is 11.4. The molecule has 0 aliphatic heterocycles. The summed E-state index contributed by atoms with van der Waals surface area (Å²) in [6.45, 7) is -0.553. The zero-order valence-electron chi connectivity index (χ0n) is 8.43. The Hall–Kier alpha value is -1.52. The molecule has 0 atom stereocenters. The average molecular weight is 235 g/mol. The van der Waals surface area contributed by atoms with Crippen molar-refractivity contribution < 1.29 is 9.50 Å². The van der Waals surface area contributed by atoms with Gasteiger partial charge in [0.25, 0.3) is 0 Å². The minimum absolute atomic E-state index is 0.525. The van der Waals surface area contributed by atoms with Crippen LogP contribution in [0.25, 0.3) is 16.5 Å². The highest BCUT2D eigenvalue weighted by Crippen LogP contribution is 2.28. The first kappa shape index (κ1) is 11.0. The largest absolute Gasteiger partial charge is 0.389 e. The lowest BCUT2D eigenvalue weighted by molar-refractivity contribution is 0.300. The van der Waals surface area contributed by atoms with Crippen LogP contribution in [0.15, 0.2) is 42.5 Å². The van der Waals surface area contributed by atoms with E-state index in [2.05, 4.69) is 4.98 Å². The molecule has 0 radical (unpaired) electrons. The van der Waals surface area contributed by atoms with E-state index in [-0.39, 0.29) is 0 Å². The lowest BCUT2D eigenvalue weighted by Crippen LogP contribution is -1.79. The molecule has 0 aromatic carbocycles. The first-order valence-electron chi connectivity index (χ1n) is 4.77. The molecule has 0 unspecified atom stereocenters. The van der Waals surface area contributed by atoms with Crippen molar-refractivity contribution in [3.05, 3.63) is 47.4 Å². The lowest BCUT2D eigenvalue weighted by Gasteiger charge is -1.93. The van der Waals surface area contributed by atoms with Crippen LogP contribution in [0.4, 0.5) is 4.39 Å². The number of pyridine rings is 1. The Kier molecular flexibility index (Phi) is 3.44. The van der Waals surface area contributed by atoms with Crippen LogP contribution in [-0.2, 0) is 0 Å². The van der Waals surface area contributed by atoms with Gasteiger partial charge in [-0.15, -0.1) is 11.3 Å². The van der Waals surface area contributed by atoms with Gasteiger partial charge in [0.1, 0.15) is 5.83 Å². The fourth-order valence-corrected chi connectivity index (χ4v) is 2.27. The van der Waals surface area contributed by atoms with Gasteiger partial charge in [-0.3, -0.25) is 4.98 Å². The van der Waals surface area contributed by atoms with E-state index < -0.39 is 12.4 Å². The Morgan fingerprint density at radius 3 is 2.75 bits per heavy atom. The minimum Gasteiger partial charge on any atom is -0.389 e. The summed E-state index contributed by atoms with van der Waals surface area (Å²) in [5.74, 6) is -0.525. The number of aromatic nitrogens is 1. The highest BCUT2D eigenvalue weighted by Gasteiger charge is 2.01. The fraction of sp³-hybridized carbons (Fsp3) is 0.0833. The molecule has 0 aliphatic carbocycles. The first-order chi connectivity index (χ1) is 7.79. The van der Waals surface area contributed by atoms with Gasteiger partial charge in [-0.25, -0.2) is 4.39 Å². The van der Waals surface area contributed by atoms with Crippen molar-refractivity contribution in [2.24, 2.45) is 0 Å². The number of aliphatic hydroxyl groups excluding tert-OH is 1. The second-order valence-electron chi connectivity index (χ2n) is 3.19. The van der Waals surface area contributed by atoms with Crippen LogP contribution in [0.1, 0.15) is 4.88 Å². The molecule has 82 valence electrons. The van der Waals surface area contributed by atoms with E-state index in [4.69, 9.17) is 5.11 Å². The summed E-state index contributed by atoms with van der Waals surface area (Å²) in [5, 5.41) is 8.57. The van der Waals surface area contributed by atoms with Gasteiger partial charge in [-0.1, -0.05) is 0 Å². The third-order valence-electron chi connectivity index (χ3n) is 2.04. The third kappa shape index (κ3) is 2.53. The van der Waals surface area contributed by atoms with Crippen LogP contribution in [-0.4, -0.2) is 16.7 Å². The molecule has 0 fully saturated rings. The van der Waals surface area contributed by atoms with Gasteiger partial charge >= 0.3 is 0 Å². The van der Waals surface area contributed by atoms with Crippen molar-refractivity contribution in [1.82, 2.24) is 4.98 Å². The number of halogens is 1. The molecule has 0 spiro atoms. The molecule has 2 rings (SSSR count). The number of hydrogen-bond acceptors (Lipinski definition) is 3. The second-order valence-corrected chi connectivity index (χ2v) is 4.30. The molecule has 0 aliphatic rings. The molecule has 0 amide bonds. The molecule has 2 aromatic heterocycles. The van der Waals surface area contributed by atoms with E-state index in [1.807, 2.05) is 24.3 Å². The summed E-state index contributed by atoms with van der Waals surface area (Å²) < 4.78 is 12.8. The van der Waals surface area contributed by atoms with Crippen LogP contribution in [0.5, 0.6) is 0 Å². The number of thiophene rings is 1. The Morgan fingerprint density at radius 1 is 1.31 bits per heavy atom. The number of aliphatic hydroxyl groups is 1. The molecular weight excluding hydrogens is 225 g/mol. The van der Waals surface area contributed by atoms with E-state index >= 15 is 0 Å². The summed E-state index contributed by atoms with van der Waals surface area (Å²) in [6, 6.07) is 7.57. The summed E-state index contributed by atoms with van der Waals surface area (Å²) >= 11 is 1.47. The fourth-order valence-electron chi connectivity index (χ4n) is 1.30. The van der Waals surface area contributed by atoms with Crippen LogP contribution in [0, 0.1) is 0 Å². The maximum Gasteiger partial charge on any atom is 0.127 e. The van der Waals surface area contributed by atoms with Crippen molar-refractivity contribution >= 4 is 17.4 Å². The molecule has 2 nitrogen and oxygen atoms in total. The molecule has 0 bridgehead atoms.